The number of hydrogen-bond acceptors (Lipinski definition) is 5. The summed E-state index contributed by atoms with van der Waals surface area (Å²) < 4.78 is 43.6. The number of furan rings is 1. The van der Waals surface area contributed by atoms with Crippen molar-refractivity contribution in [2.75, 3.05) is 32.0 Å². The molecular weight excluding hydrogens is 393 g/mol. The maximum absolute atomic E-state index is 12.7. The van der Waals surface area contributed by atoms with E-state index >= 15 is 0 Å². The van der Waals surface area contributed by atoms with E-state index in [4.69, 9.17) is 4.42 Å². The Labute approximate surface area is 164 Å². The number of halogens is 3. The predicted molar refractivity (Wildman–Crippen MR) is 98.5 cm³/mol. The van der Waals surface area contributed by atoms with Crippen LogP contribution in [0.25, 0.3) is 0 Å². The molecular formula is C18H22F3N4O4+. The molecule has 158 valence electrons. The molecule has 0 aliphatic rings. The average Bonchev–Trinajstić information content (AvgIpc) is 3.02. The van der Waals surface area contributed by atoms with Crippen molar-refractivity contribution in [1.29, 1.82) is 0 Å². The molecule has 0 aliphatic heterocycles. The van der Waals surface area contributed by atoms with Gasteiger partial charge in [0.25, 0.3) is 11.6 Å². The third kappa shape index (κ3) is 6.79. The lowest BCUT2D eigenvalue weighted by Gasteiger charge is -2.13. The topological polar surface area (TPSA) is 102 Å². The van der Waals surface area contributed by atoms with Crippen LogP contribution in [0.3, 0.4) is 0 Å². The van der Waals surface area contributed by atoms with Gasteiger partial charge < -0.3 is 20.0 Å². The van der Waals surface area contributed by atoms with Crippen LogP contribution in [-0.2, 0) is 17.5 Å². The average molecular weight is 415 g/mol. The van der Waals surface area contributed by atoms with Crippen LogP contribution < -0.4 is 15.5 Å². The largest absolute Gasteiger partial charge is 0.460 e. The number of rotatable bonds is 9. The molecule has 1 heterocycles. The summed E-state index contributed by atoms with van der Waals surface area (Å²) in [6, 6.07) is 5.94. The number of nitrogens with zero attached hydrogens (tertiary/aromatic N) is 1. The van der Waals surface area contributed by atoms with Gasteiger partial charge in [-0.15, -0.1) is 0 Å². The quantitative estimate of drug-likeness (QED) is 0.329. The molecule has 3 N–H and O–H groups in total. The summed E-state index contributed by atoms with van der Waals surface area (Å²) in [5, 5.41) is 16.4. The van der Waals surface area contributed by atoms with Crippen LogP contribution in [0, 0.1) is 17.0 Å². The normalized spacial score (nSPS) is 12.4. The number of anilines is 1. The third-order valence-electron chi connectivity index (χ3n) is 4.02. The first-order valence-corrected chi connectivity index (χ1v) is 8.79. The van der Waals surface area contributed by atoms with Gasteiger partial charge in [0.15, 0.2) is 12.3 Å². The van der Waals surface area contributed by atoms with Gasteiger partial charge in [-0.2, -0.15) is 13.2 Å². The van der Waals surface area contributed by atoms with Gasteiger partial charge in [0.1, 0.15) is 18.0 Å². The van der Waals surface area contributed by atoms with Gasteiger partial charge in [-0.1, -0.05) is 0 Å². The van der Waals surface area contributed by atoms with Gasteiger partial charge in [0.2, 0.25) is 0 Å². The molecule has 1 atom stereocenters. The van der Waals surface area contributed by atoms with Crippen molar-refractivity contribution in [2.24, 2.45) is 0 Å². The highest BCUT2D eigenvalue weighted by Crippen LogP contribution is 2.34. The van der Waals surface area contributed by atoms with Gasteiger partial charge in [-0.3, -0.25) is 14.9 Å². The van der Waals surface area contributed by atoms with E-state index in [1.807, 2.05) is 26.1 Å². The number of carbonyl (C=O) groups excluding carboxylic acids is 1. The van der Waals surface area contributed by atoms with Crippen molar-refractivity contribution in [3.63, 3.8) is 0 Å². The highest BCUT2D eigenvalue weighted by atomic mass is 19.4. The minimum absolute atomic E-state index is 0.0480. The van der Waals surface area contributed by atoms with Crippen LogP contribution in [0.2, 0.25) is 0 Å². The van der Waals surface area contributed by atoms with Crippen molar-refractivity contribution in [3.8, 4) is 0 Å². The fourth-order valence-electron chi connectivity index (χ4n) is 2.68. The van der Waals surface area contributed by atoms with E-state index in [1.54, 1.807) is 0 Å². The molecule has 0 saturated carbocycles. The Hall–Kier alpha value is -3.08. The number of nitro benzene ring substituents is 1. The van der Waals surface area contributed by atoms with Crippen LogP contribution in [0.5, 0.6) is 0 Å². The molecule has 0 saturated heterocycles. The van der Waals surface area contributed by atoms with E-state index in [1.165, 1.54) is 0 Å². The van der Waals surface area contributed by atoms with Gasteiger partial charge >= 0.3 is 6.18 Å². The smallest absolute Gasteiger partial charge is 0.416 e. The Morgan fingerprint density at radius 2 is 1.97 bits per heavy atom. The second-order valence-corrected chi connectivity index (χ2v) is 6.59. The predicted octanol–water partition coefficient (Wildman–Crippen LogP) is 1.76. The van der Waals surface area contributed by atoms with Crippen molar-refractivity contribution >= 4 is 17.3 Å². The van der Waals surface area contributed by atoms with Gasteiger partial charge in [0.05, 0.1) is 17.5 Å². The second-order valence-electron chi connectivity index (χ2n) is 6.59. The summed E-state index contributed by atoms with van der Waals surface area (Å²) >= 11 is 0. The SMILES string of the molecule is Cc1ccc(C[NH+](C)CC(=O)NCCNc2ccc(C(F)(F)F)cc2[N+](=O)[O-])o1. The number of likely N-dealkylation sites (N-methyl/N-ethyl adjacent to an activating group) is 1. The maximum atomic E-state index is 12.7. The first-order chi connectivity index (χ1) is 13.6. The second kappa shape index (κ2) is 9.41. The molecule has 1 aromatic heterocycles. The summed E-state index contributed by atoms with van der Waals surface area (Å²) in [6.07, 6.45) is -4.67. The lowest BCUT2D eigenvalue weighted by molar-refractivity contribution is -0.886. The van der Waals surface area contributed by atoms with Crippen LogP contribution in [-0.4, -0.2) is 37.5 Å². The van der Waals surface area contributed by atoms with Crippen molar-refractivity contribution < 1.29 is 32.2 Å². The van der Waals surface area contributed by atoms with E-state index in [-0.39, 0.29) is 31.2 Å². The number of aryl methyl sites for hydroxylation is 1. The minimum atomic E-state index is -4.67. The molecule has 1 unspecified atom stereocenters. The molecule has 0 fully saturated rings. The fourth-order valence-corrected chi connectivity index (χ4v) is 2.68. The zero-order chi connectivity index (χ0) is 21.6. The standard InChI is InChI=1S/C18H21F3N4O4/c1-12-3-5-14(29-12)10-24(2)11-17(26)23-8-7-22-15-6-4-13(18(19,20)21)9-16(15)25(27)28/h3-6,9,22H,7-8,10-11H2,1-2H3,(H,23,26)/p+1. The number of amides is 1. The van der Waals surface area contributed by atoms with E-state index in [0.29, 0.717) is 12.6 Å². The zero-order valence-electron chi connectivity index (χ0n) is 15.9. The highest BCUT2D eigenvalue weighted by Gasteiger charge is 2.33. The molecule has 1 aromatic carbocycles. The number of alkyl halides is 3. The zero-order valence-corrected chi connectivity index (χ0v) is 15.9. The molecule has 0 aliphatic carbocycles. The van der Waals surface area contributed by atoms with Crippen molar-refractivity contribution in [2.45, 2.75) is 19.6 Å². The summed E-state index contributed by atoms with van der Waals surface area (Å²) in [5.74, 6) is 1.33. The number of quaternary nitrogens is 1. The van der Waals surface area contributed by atoms with E-state index in [0.717, 1.165) is 28.6 Å². The maximum Gasteiger partial charge on any atom is 0.416 e. The molecule has 0 spiro atoms. The van der Waals surface area contributed by atoms with E-state index < -0.39 is 22.4 Å². The lowest BCUT2D eigenvalue weighted by Crippen LogP contribution is -3.08. The lowest BCUT2D eigenvalue weighted by atomic mass is 10.1. The van der Waals surface area contributed by atoms with Gasteiger partial charge in [-0.25, -0.2) is 0 Å². The first-order valence-electron chi connectivity index (χ1n) is 8.79. The van der Waals surface area contributed by atoms with E-state index in [9.17, 15) is 28.1 Å². The Balaban J connectivity index is 1.80. The summed E-state index contributed by atoms with van der Waals surface area (Å²) in [6.45, 7) is 2.84. The Morgan fingerprint density at radius 3 is 2.55 bits per heavy atom. The van der Waals surface area contributed by atoms with Gasteiger partial charge in [-0.05, 0) is 31.2 Å². The van der Waals surface area contributed by atoms with Crippen LogP contribution in [0.4, 0.5) is 24.5 Å². The number of hydrogen-bond donors (Lipinski definition) is 3. The fraction of sp³-hybridized carbons (Fsp3) is 0.389. The van der Waals surface area contributed by atoms with Gasteiger partial charge in [0, 0.05) is 19.2 Å². The molecule has 0 radical (unpaired) electrons. The summed E-state index contributed by atoms with van der Waals surface area (Å²) in [5.41, 5.74) is -1.82. The summed E-state index contributed by atoms with van der Waals surface area (Å²) in [4.78, 5) is 23.0. The Morgan fingerprint density at radius 1 is 1.24 bits per heavy atom. The van der Waals surface area contributed by atoms with Crippen LogP contribution >= 0.6 is 0 Å². The first kappa shape index (κ1) is 22.2. The monoisotopic (exact) mass is 415 g/mol. The molecule has 8 nitrogen and oxygen atoms in total. The molecule has 11 heteroatoms. The molecule has 0 bridgehead atoms. The van der Waals surface area contributed by atoms with Crippen LogP contribution in [0.1, 0.15) is 17.1 Å². The minimum Gasteiger partial charge on any atom is -0.460 e. The number of nitro groups is 1. The number of nitrogens with one attached hydrogen (secondary N) is 3. The molecule has 2 rings (SSSR count). The highest BCUT2D eigenvalue weighted by molar-refractivity contribution is 5.76. The van der Waals surface area contributed by atoms with E-state index in [2.05, 4.69) is 10.6 Å². The van der Waals surface area contributed by atoms with Crippen molar-refractivity contribution in [1.82, 2.24) is 5.32 Å². The molecule has 1 amide bonds. The number of benzene rings is 1. The summed E-state index contributed by atoms with van der Waals surface area (Å²) in [7, 11) is 1.83. The van der Waals surface area contributed by atoms with Crippen LogP contribution in [0.15, 0.2) is 34.7 Å². The van der Waals surface area contributed by atoms with Crippen molar-refractivity contribution in [3.05, 3.63) is 57.5 Å². The number of carbonyl (C=O) groups is 1. The molecule has 29 heavy (non-hydrogen) atoms. The third-order valence-corrected chi connectivity index (χ3v) is 4.02. The Bertz CT molecular complexity index is 867. The molecule has 2 aromatic rings. The Kier molecular flexibility index (Phi) is 7.21.